The lowest BCUT2D eigenvalue weighted by Gasteiger charge is -2.39. The van der Waals surface area contributed by atoms with Gasteiger partial charge in [-0.15, -0.1) is 0 Å². The maximum absolute atomic E-state index is 12.7. The Balaban J connectivity index is 2.09. The Kier molecular flexibility index (Phi) is 3.64. The topological polar surface area (TPSA) is 46.5 Å². The van der Waals surface area contributed by atoms with Crippen molar-refractivity contribution < 1.29 is 14.6 Å². The van der Waals surface area contributed by atoms with Crippen molar-refractivity contribution in [3.63, 3.8) is 0 Å². The molecule has 0 aromatic heterocycles. The number of aliphatic hydroxyl groups excluding tert-OH is 1. The third kappa shape index (κ3) is 2.70. The van der Waals surface area contributed by atoms with Crippen LogP contribution < -0.4 is 0 Å². The molecule has 0 spiro atoms. The van der Waals surface area contributed by atoms with Gasteiger partial charge < -0.3 is 9.84 Å². The number of ketones is 1. The lowest BCUT2D eigenvalue weighted by molar-refractivity contribution is -0.125. The number of aryl methyl sites for hydroxylation is 2. The molecule has 2 aliphatic rings. The minimum atomic E-state index is -0.828. The molecule has 0 bridgehead atoms. The molecule has 1 N–H and O–H groups in total. The van der Waals surface area contributed by atoms with Crippen LogP contribution in [0.2, 0.25) is 0 Å². The molecule has 0 saturated carbocycles. The van der Waals surface area contributed by atoms with Crippen molar-refractivity contribution in [1.29, 1.82) is 0 Å². The Bertz CT molecular complexity index is 655. The normalized spacial score (nSPS) is 27.4. The summed E-state index contributed by atoms with van der Waals surface area (Å²) in [6.45, 7) is 8.28. The van der Waals surface area contributed by atoms with Gasteiger partial charge in [0.1, 0.15) is 5.76 Å². The minimum absolute atomic E-state index is 0.0528. The van der Waals surface area contributed by atoms with Gasteiger partial charge in [0.2, 0.25) is 0 Å². The summed E-state index contributed by atoms with van der Waals surface area (Å²) in [5, 5.41) is 10.1. The number of benzene rings is 1. The number of hydrogen-bond acceptors (Lipinski definition) is 3. The Morgan fingerprint density at radius 1 is 1.23 bits per heavy atom. The third-order valence-corrected chi connectivity index (χ3v) is 4.74. The van der Waals surface area contributed by atoms with Gasteiger partial charge >= 0.3 is 0 Å². The van der Waals surface area contributed by atoms with E-state index in [1.54, 1.807) is 0 Å². The van der Waals surface area contributed by atoms with Gasteiger partial charge in [0.15, 0.2) is 12.1 Å². The van der Waals surface area contributed by atoms with Crippen LogP contribution in [-0.2, 0) is 9.53 Å². The lowest BCUT2D eigenvalue weighted by Crippen LogP contribution is -2.35. The van der Waals surface area contributed by atoms with Gasteiger partial charge in [0.25, 0.3) is 0 Å². The fourth-order valence-corrected chi connectivity index (χ4v) is 3.80. The van der Waals surface area contributed by atoms with Gasteiger partial charge in [0, 0.05) is 30.8 Å². The van der Waals surface area contributed by atoms with Crippen molar-refractivity contribution in [1.82, 2.24) is 0 Å². The van der Waals surface area contributed by atoms with E-state index in [0.29, 0.717) is 25.0 Å². The highest BCUT2D eigenvalue weighted by molar-refractivity contribution is 5.99. The smallest absolute Gasteiger partial charge is 0.197 e. The van der Waals surface area contributed by atoms with Crippen LogP contribution in [0.5, 0.6) is 0 Å². The summed E-state index contributed by atoms with van der Waals surface area (Å²) in [5.41, 5.74) is 4.20. The van der Waals surface area contributed by atoms with E-state index >= 15 is 0 Å². The van der Waals surface area contributed by atoms with Crippen LogP contribution in [-0.4, -0.2) is 17.2 Å². The van der Waals surface area contributed by atoms with E-state index in [-0.39, 0.29) is 17.1 Å². The number of carbonyl (C=O) groups is 1. The number of carbonyl (C=O) groups excluding carboxylic acids is 1. The first kappa shape index (κ1) is 15.3. The van der Waals surface area contributed by atoms with E-state index in [0.717, 1.165) is 11.1 Å². The summed E-state index contributed by atoms with van der Waals surface area (Å²) in [7, 11) is 0. The highest BCUT2D eigenvalue weighted by Crippen LogP contribution is 2.47. The minimum Gasteiger partial charge on any atom is -0.469 e. The van der Waals surface area contributed by atoms with E-state index < -0.39 is 6.29 Å². The molecule has 1 unspecified atom stereocenters. The van der Waals surface area contributed by atoms with Crippen LogP contribution in [0.25, 0.3) is 0 Å². The number of rotatable bonds is 1. The van der Waals surface area contributed by atoms with Crippen molar-refractivity contribution in [2.45, 2.75) is 59.2 Å². The van der Waals surface area contributed by atoms with E-state index in [2.05, 4.69) is 45.9 Å². The molecule has 1 aromatic rings. The summed E-state index contributed by atoms with van der Waals surface area (Å²) in [4.78, 5) is 12.7. The van der Waals surface area contributed by atoms with Crippen molar-refractivity contribution in [2.75, 3.05) is 0 Å². The summed E-state index contributed by atoms with van der Waals surface area (Å²) in [6.07, 6.45) is 0.889. The van der Waals surface area contributed by atoms with E-state index in [4.69, 9.17) is 4.74 Å². The first-order valence-electron chi connectivity index (χ1n) is 7.95. The molecule has 1 aliphatic carbocycles. The van der Waals surface area contributed by atoms with Crippen LogP contribution in [0.4, 0.5) is 0 Å². The molecule has 3 rings (SSSR count). The standard InChI is InChI=1S/C19H24O3/c1-11-5-6-13(12(2)7-11)14-8-17(21)22-16-10-19(3,4)9-15(20)18(14)16/h5-7,14,17,21H,8-10H2,1-4H3/t14-,17?/m0/s1. The largest absolute Gasteiger partial charge is 0.469 e. The second-order valence-corrected chi connectivity index (χ2v) is 7.50. The summed E-state index contributed by atoms with van der Waals surface area (Å²) < 4.78 is 5.63. The zero-order valence-corrected chi connectivity index (χ0v) is 13.8. The van der Waals surface area contributed by atoms with E-state index in [1.807, 2.05) is 0 Å². The Labute approximate surface area is 132 Å². The van der Waals surface area contributed by atoms with Gasteiger partial charge in [0.05, 0.1) is 0 Å². The molecule has 22 heavy (non-hydrogen) atoms. The number of Topliss-reactive ketones (excluding diaryl/α,β-unsaturated/α-hetero) is 1. The highest BCUT2D eigenvalue weighted by atomic mass is 16.6. The molecule has 2 atom stereocenters. The maximum atomic E-state index is 12.7. The van der Waals surface area contributed by atoms with Crippen molar-refractivity contribution >= 4 is 5.78 Å². The number of ether oxygens (including phenoxy) is 1. The molecule has 1 heterocycles. The maximum Gasteiger partial charge on any atom is 0.197 e. The molecule has 3 heteroatoms. The molecule has 0 amide bonds. The van der Waals surface area contributed by atoms with Crippen LogP contribution >= 0.6 is 0 Å². The van der Waals surface area contributed by atoms with Gasteiger partial charge in [-0.25, -0.2) is 0 Å². The monoisotopic (exact) mass is 300 g/mol. The molecule has 1 aliphatic heterocycles. The average molecular weight is 300 g/mol. The summed E-state index contributed by atoms with van der Waals surface area (Å²) >= 11 is 0. The van der Waals surface area contributed by atoms with Gasteiger partial charge in [-0.05, 0) is 30.4 Å². The van der Waals surface area contributed by atoms with Crippen LogP contribution in [0.3, 0.4) is 0 Å². The molecule has 118 valence electrons. The van der Waals surface area contributed by atoms with Gasteiger partial charge in [-0.1, -0.05) is 37.6 Å². The SMILES string of the molecule is Cc1ccc([C@@H]2CC(O)OC3=C2C(=O)CC(C)(C)C3)c(C)c1. The summed E-state index contributed by atoms with van der Waals surface area (Å²) in [5.74, 6) is 0.816. The Morgan fingerprint density at radius 3 is 2.64 bits per heavy atom. The molecule has 0 saturated heterocycles. The Hall–Kier alpha value is -1.61. The first-order chi connectivity index (χ1) is 10.3. The fourth-order valence-electron chi connectivity index (χ4n) is 3.80. The zero-order chi connectivity index (χ0) is 16.1. The van der Waals surface area contributed by atoms with Crippen molar-refractivity contribution in [3.05, 3.63) is 46.2 Å². The van der Waals surface area contributed by atoms with Crippen LogP contribution in [0.15, 0.2) is 29.5 Å². The predicted molar refractivity (Wildman–Crippen MR) is 85.4 cm³/mol. The molecule has 0 fully saturated rings. The number of hydrogen-bond donors (Lipinski definition) is 1. The number of allylic oxidation sites excluding steroid dienone is 2. The summed E-state index contributed by atoms with van der Waals surface area (Å²) in [6, 6.07) is 6.29. The fraction of sp³-hybridized carbons (Fsp3) is 0.526. The van der Waals surface area contributed by atoms with Crippen molar-refractivity contribution in [2.24, 2.45) is 5.41 Å². The molecule has 3 nitrogen and oxygen atoms in total. The zero-order valence-electron chi connectivity index (χ0n) is 13.8. The van der Waals surface area contributed by atoms with Crippen LogP contribution in [0, 0.1) is 19.3 Å². The van der Waals surface area contributed by atoms with Gasteiger partial charge in [-0.2, -0.15) is 0 Å². The van der Waals surface area contributed by atoms with Crippen LogP contribution in [0.1, 0.15) is 55.7 Å². The quantitative estimate of drug-likeness (QED) is 0.859. The molecule has 0 radical (unpaired) electrons. The first-order valence-corrected chi connectivity index (χ1v) is 7.95. The highest BCUT2D eigenvalue weighted by Gasteiger charge is 2.42. The Morgan fingerprint density at radius 2 is 1.95 bits per heavy atom. The lowest BCUT2D eigenvalue weighted by atomic mass is 9.70. The van der Waals surface area contributed by atoms with E-state index in [1.165, 1.54) is 11.1 Å². The molecular weight excluding hydrogens is 276 g/mol. The van der Waals surface area contributed by atoms with E-state index in [9.17, 15) is 9.90 Å². The number of aliphatic hydroxyl groups is 1. The second-order valence-electron chi connectivity index (χ2n) is 7.50. The molecule has 1 aromatic carbocycles. The van der Waals surface area contributed by atoms with Gasteiger partial charge in [-0.3, -0.25) is 4.79 Å². The third-order valence-electron chi connectivity index (χ3n) is 4.74. The van der Waals surface area contributed by atoms with Crippen molar-refractivity contribution in [3.8, 4) is 0 Å². The predicted octanol–water partition coefficient (Wildman–Crippen LogP) is 3.77. The average Bonchev–Trinajstić information content (AvgIpc) is 2.35. The molecular formula is C19H24O3. The second kappa shape index (κ2) is 5.24.